The number of guanidine groups is 1. The molecule has 0 aromatic rings. The zero-order valence-corrected chi connectivity index (χ0v) is 9.41. The molecule has 3 atom stereocenters. The van der Waals surface area contributed by atoms with Crippen molar-refractivity contribution in [3.63, 3.8) is 0 Å². The molecule has 3 aliphatic rings. The highest BCUT2D eigenvalue weighted by molar-refractivity contribution is 5.78. The predicted molar refractivity (Wildman–Crippen MR) is 60.6 cm³/mol. The topological polar surface area (TPSA) is 59.6 Å². The minimum Gasteiger partial charge on any atom is -0.370 e. The lowest BCUT2D eigenvalue weighted by Crippen LogP contribution is -2.47. The van der Waals surface area contributed by atoms with Crippen molar-refractivity contribution in [3.8, 4) is 0 Å². The van der Waals surface area contributed by atoms with E-state index in [1.165, 1.54) is 19.3 Å². The van der Waals surface area contributed by atoms with Gasteiger partial charge in [0.15, 0.2) is 12.2 Å². The number of fused-ring (bicyclic) bond motifs is 3. The summed E-state index contributed by atoms with van der Waals surface area (Å²) in [6.07, 6.45) is 7.36. The first kappa shape index (κ1) is 10.7. The molecular formula is C11H21N3O. The lowest BCUT2D eigenvalue weighted by molar-refractivity contribution is -0.0584. The van der Waals surface area contributed by atoms with Gasteiger partial charge in [-0.15, -0.1) is 0 Å². The molecule has 0 aromatic carbocycles. The molecule has 0 radical (unpaired) electrons. The smallest absolute Gasteiger partial charge is 0.191 e. The average Bonchev–Trinajstić information content (AvgIpc) is 2.47. The Kier molecular flexibility index (Phi) is 3.46. The lowest BCUT2D eigenvalue weighted by atomic mass is 9.97. The Bertz CT molecular complexity index is 242. The van der Waals surface area contributed by atoms with Crippen LogP contribution in [0.5, 0.6) is 0 Å². The van der Waals surface area contributed by atoms with Crippen LogP contribution < -0.4 is 11.1 Å². The van der Waals surface area contributed by atoms with Crippen LogP contribution in [-0.4, -0.2) is 24.3 Å². The third-order valence-corrected chi connectivity index (χ3v) is 3.21. The molecule has 15 heavy (non-hydrogen) atoms. The zero-order valence-electron chi connectivity index (χ0n) is 9.41. The summed E-state index contributed by atoms with van der Waals surface area (Å²) < 4.78 is 5.90. The quantitative estimate of drug-likeness (QED) is 0.690. The van der Waals surface area contributed by atoms with Crippen LogP contribution in [0.4, 0.5) is 0 Å². The second-order valence-corrected chi connectivity index (χ2v) is 4.47. The SMILES string of the molecule is CCCCCC1O[C@@H]2CC[C@H]1NC(N)=N2. The molecule has 0 aliphatic carbocycles. The largest absolute Gasteiger partial charge is 0.370 e. The molecule has 4 nitrogen and oxygen atoms in total. The molecule has 0 spiro atoms. The van der Waals surface area contributed by atoms with Crippen LogP contribution in [-0.2, 0) is 4.74 Å². The monoisotopic (exact) mass is 211 g/mol. The van der Waals surface area contributed by atoms with Crippen LogP contribution in [0.15, 0.2) is 4.99 Å². The van der Waals surface area contributed by atoms with E-state index in [1.54, 1.807) is 0 Å². The molecular weight excluding hydrogens is 190 g/mol. The van der Waals surface area contributed by atoms with E-state index in [0.717, 1.165) is 19.3 Å². The number of unbranched alkanes of at least 4 members (excludes halogenated alkanes) is 2. The Morgan fingerprint density at radius 2 is 2.33 bits per heavy atom. The molecule has 4 heteroatoms. The maximum atomic E-state index is 5.90. The molecule has 1 unspecified atom stereocenters. The summed E-state index contributed by atoms with van der Waals surface area (Å²) in [5.41, 5.74) is 5.73. The number of aliphatic imine (C=N–C) groups is 1. The minimum absolute atomic E-state index is 0.00266. The van der Waals surface area contributed by atoms with Gasteiger partial charge in [0, 0.05) is 0 Å². The van der Waals surface area contributed by atoms with Crippen molar-refractivity contribution in [1.82, 2.24) is 5.32 Å². The number of rotatable bonds is 4. The summed E-state index contributed by atoms with van der Waals surface area (Å²) >= 11 is 0. The second-order valence-electron chi connectivity index (χ2n) is 4.47. The minimum atomic E-state index is 0.00266. The van der Waals surface area contributed by atoms with E-state index >= 15 is 0 Å². The van der Waals surface area contributed by atoms with Gasteiger partial charge in [-0.3, -0.25) is 0 Å². The van der Waals surface area contributed by atoms with Crippen LogP contribution in [0.2, 0.25) is 0 Å². The fraction of sp³-hybridized carbons (Fsp3) is 0.909. The van der Waals surface area contributed by atoms with Gasteiger partial charge in [-0.25, -0.2) is 4.99 Å². The molecule has 0 amide bonds. The average molecular weight is 211 g/mol. The Balaban J connectivity index is 1.88. The second kappa shape index (κ2) is 4.84. The van der Waals surface area contributed by atoms with E-state index in [1.807, 2.05) is 0 Å². The summed E-state index contributed by atoms with van der Waals surface area (Å²) in [5.74, 6) is 0.556. The third-order valence-electron chi connectivity index (χ3n) is 3.21. The van der Waals surface area contributed by atoms with Crippen molar-refractivity contribution < 1.29 is 4.74 Å². The van der Waals surface area contributed by atoms with Crippen molar-refractivity contribution >= 4 is 5.96 Å². The Morgan fingerprint density at radius 1 is 1.47 bits per heavy atom. The summed E-state index contributed by atoms with van der Waals surface area (Å²) in [6, 6.07) is 0.379. The van der Waals surface area contributed by atoms with E-state index in [4.69, 9.17) is 10.5 Å². The van der Waals surface area contributed by atoms with Crippen LogP contribution in [0.25, 0.3) is 0 Å². The fourth-order valence-corrected chi connectivity index (χ4v) is 2.38. The fourth-order valence-electron chi connectivity index (χ4n) is 2.38. The number of ether oxygens (including phenoxy) is 1. The van der Waals surface area contributed by atoms with Gasteiger partial charge in [0.25, 0.3) is 0 Å². The zero-order chi connectivity index (χ0) is 10.7. The van der Waals surface area contributed by atoms with E-state index in [2.05, 4.69) is 17.2 Å². The lowest BCUT2D eigenvalue weighted by Gasteiger charge is -2.32. The summed E-state index contributed by atoms with van der Waals surface area (Å²) in [7, 11) is 0. The van der Waals surface area contributed by atoms with Crippen molar-refractivity contribution in [2.45, 2.75) is 63.8 Å². The van der Waals surface area contributed by atoms with Gasteiger partial charge in [-0.2, -0.15) is 0 Å². The highest BCUT2D eigenvalue weighted by Gasteiger charge is 2.33. The van der Waals surface area contributed by atoms with Gasteiger partial charge in [0.1, 0.15) is 0 Å². The molecule has 3 aliphatic heterocycles. The summed E-state index contributed by atoms with van der Waals surface area (Å²) in [4.78, 5) is 4.28. The van der Waals surface area contributed by atoms with E-state index < -0.39 is 0 Å². The van der Waals surface area contributed by atoms with Crippen molar-refractivity contribution in [1.29, 1.82) is 0 Å². The molecule has 86 valence electrons. The van der Waals surface area contributed by atoms with E-state index in [0.29, 0.717) is 18.1 Å². The van der Waals surface area contributed by atoms with Crippen molar-refractivity contribution in [2.24, 2.45) is 10.7 Å². The van der Waals surface area contributed by atoms with Crippen LogP contribution >= 0.6 is 0 Å². The van der Waals surface area contributed by atoms with Crippen molar-refractivity contribution in [3.05, 3.63) is 0 Å². The van der Waals surface area contributed by atoms with Crippen molar-refractivity contribution in [2.75, 3.05) is 0 Å². The molecule has 1 saturated heterocycles. The number of hydrogen-bond acceptors (Lipinski definition) is 4. The first-order chi connectivity index (χ1) is 7.29. The number of nitrogens with zero attached hydrogens (tertiary/aromatic N) is 1. The molecule has 3 N–H and O–H groups in total. The maximum absolute atomic E-state index is 5.90. The Hall–Kier alpha value is -0.770. The van der Waals surface area contributed by atoms with Gasteiger partial charge >= 0.3 is 0 Å². The Labute approximate surface area is 91.3 Å². The maximum Gasteiger partial charge on any atom is 0.191 e. The van der Waals surface area contributed by atoms with Gasteiger partial charge in [0.2, 0.25) is 0 Å². The first-order valence-corrected chi connectivity index (χ1v) is 6.05. The molecule has 3 rings (SSSR count). The van der Waals surface area contributed by atoms with Gasteiger partial charge < -0.3 is 15.8 Å². The highest BCUT2D eigenvalue weighted by atomic mass is 16.5. The highest BCUT2D eigenvalue weighted by Crippen LogP contribution is 2.26. The van der Waals surface area contributed by atoms with Gasteiger partial charge in [-0.05, 0) is 19.3 Å². The predicted octanol–water partition coefficient (Wildman–Crippen LogP) is 1.36. The summed E-state index contributed by atoms with van der Waals surface area (Å²) in [5, 5.41) is 3.25. The molecule has 0 aromatic heterocycles. The van der Waals surface area contributed by atoms with Crippen LogP contribution in [0, 0.1) is 0 Å². The Morgan fingerprint density at radius 3 is 3.13 bits per heavy atom. The van der Waals surface area contributed by atoms with E-state index in [9.17, 15) is 0 Å². The number of nitrogens with two attached hydrogens (primary N) is 1. The molecule has 2 bridgehead atoms. The molecule has 3 heterocycles. The first-order valence-electron chi connectivity index (χ1n) is 6.05. The molecule has 0 saturated carbocycles. The summed E-state index contributed by atoms with van der Waals surface area (Å²) in [6.45, 7) is 2.22. The number of nitrogens with one attached hydrogen (secondary N) is 1. The van der Waals surface area contributed by atoms with Crippen LogP contribution in [0.1, 0.15) is 45.4 Å². The molecule has 1 fully saturated rings. The standard InChI is InChI=1S/C11H21N3O/c1-2-3-4-5-9-8-6-7-10(15-9)14-11(12)13-8/h8-10H,2-7H2,1H3,(H3,12,13,14)/t8-,9?,10-/m1/s1. The van der Waals surface area contributed by atoms with Crippen LogP contribution in [0.3, 0.4) is 0 Å². The number of hydrogen-bond donors (Lipinski definition) is 2. The van der Waals surface area contributed by atoms with Gasteiger partial charge in [0.05, 0.1) is 12.1 Å². The van der Waals surface area contributed by atoms with Gasteiger partial charge in [-0.1, -0.05) is 26.2 Å². The van der Waals surface area contributed by atoms with E-state index in [-0.39, 0.29) is 6.23 Å². The normalized spacial score (nSPS) is 34.5. The third kappa shape index (κ3) is 2.62.